The maximum atomic E-state index is 11.6. The van der Waals surface area contributed by atoms with Gasteiger partial charge < -0.3 is 11.1 Å². The number of amides is 1. The number of fused-ring (bicyclic) bond motifs is 1. The maximum Gasteiger partial charge on any atom is 0.248 e. The van der Waals surface area contributed by atoms with E-state index in [1.807, 2.05) is 31.2 Å². The summed E-state index contributed by atoms with van der Waals surface area (Å²) in [6.07, 6.45) is 4.79. The zero-order chi connectivity index (χ0) is 13.0. The molecule has 92 valence electrons. The first-order valence-corrected chi connectivity index (χ1v) is 5.74. The molecule has 18 heavy (non-hydrogen) atoms. The van der Waals surface area contributed by atoms with E-state index in [4.69, 9.17) is 5.73 Å². The second kappa shape index (κ2) is 5.42. The van der Waals surface area contributed by atoms with Gasteiger partial charge in [-0.05, 0) is 30.7 Å². The van der Waals surface area contributed by atoms with Crippen LogP contribution >= 0.6 is 0 Å². The van der Waals surface area contributed by atoms with Gasteiger partial charge >= 0.3 is 0 Å². The van der Waals surface area contributed by atoms with E-state index < -0.39 is 0 Å². The molecule has 1 aromatic heterocycles. The number of pyridine rings is 1. The Bertz CT molecular complexity index is 605. The van der Waals surface area contributed by atoms with Gasteiger partial charge in [-0.3, -0.25) is 9.78 Å². The number of nitrogens with two attached hydrogens (primary N) is 1. The van der Waals surface area contributed by atoms with Crippen LogP contribution in [0.5, 0.6) is 0 Å². The molecule has 0 spiro atoms. The summed E-state index contributed by atoms with van der Waals surface area (Å²) in [7, 11) is 0. The smallest absolute Gasteiger partial charge is 0.248 e. The Labute approximate surface area is 106 Å². The first-order valence-electron chi connectivity index (χ1n) is 5.74. The van der Waals surface area contributed by atoms with Crippen LogP contribution in [0.4, 0.5) is 5.69 Å². The molecular weight excluding hydrogens is 226 g/mol. The molecular formula is C14H15N3O. The zero-order valence-corrected chi connectivity index (χ0v) is 10.2. The highest BCUT2D eigenvalue weighted by Gasteiger charge is 2.05. The van der Waals surface area contributed by atoms with Crippen molar-refractivity contribution in [2.75, 3.05) is 11.9 Å². The summed E-state index contributed by atoms with van der Waals surface area (Å²) in [5, 5.41) is 3.76. The molecule has 1 heterocycles. The number of nitrogens with zero attached hydrogens (tertiary/aromatic N) is 1. The predicted octanol–water partition coefficient (Wildman–Crippen LogP) is 2.00. The molecule has 4 nitrogen and oxygen atoms in total. The molecule has 1 amide bonds. The van der Waals surface area contributed by atoms with Crippen molar-refractivity contribution in [2.24, 2.45) is 5.73 Å². The standard InChI is InChI=1S/C14H15N3O/c1-10-6-7-12(17-13(18)5-2-8-15)11-4-3-9-16-14(10)11/h2-7,9H,8,15H2,1H3,(H,17,18)/b5-2+. The second-order valence-electron chi connectivity index (χ2n) is 3.96. The third-order valence-corrected chi connectivity index (χ3v) is 2.63. The van der Waals surface area contributed by atoms with E-state index >= 15 is 0 Å². The van der Waals surface area contributed by atoms with Crippen molar-refractivity contribution in [3.05, 3.63) is 48.2 Å². The molecule has 0 aliphatic rings. The zero-order valence-electron chi connectivity index (χ0n) is 10.2. The summed E-state index contributed by atoms with van der Waals surface area (Å²) in [5.41, 5.74) is 8.05. The number of carbonyl (C=O) groups excluding carboxylic acids is 1. The molecule has 0 saturated carbocycles. The molecule has 0 saturated heterocycles. The Morgan fingerprint density at radius 3 is 3.06 bits per heavy atom. The van der Waals surface area contributed by atoms with Crippen LogP contribution in [0.1, 0.15) is 5.56 Å². The van der Waals surface area contributed by atoms with Crippen LogP contribution in [0, 0.1) is 6.92 Å². The Morgan fingerprint density at radius 1 is 1.44 bits per heavy atom. The first-order chi connectivity index (χ1) is 8.72. The van der Waals surface area contributed by atoms with Crippen molar-refractivity contribution in [1.82, 2.24) is 4.98 Å². The van der Waals surface area contributed by atoms with Crippen LogP contribution in [0.15, 0.2) is 42.6 Å². The number of anilines is 1. The van der Waals surface area contributed by atoms with E-state index in [0.29, 0.717) is 6.54 Å². The lowest BCUT2D eigenvalue weighted by atomic mass is 10.1. The Hall–Kier alpha value is -2.20. The highest BCUT2D eigenvalue weighted by Crippen LogP contribution is 2.24. The summed E-state index contributed by atoms with van der Waals surface area (Å²) in [5.74, 6) is -0.186. The molecule has 2 aromatic rings. The Kier molecular flexibility index (Phi) is 3.69. The van der Waals surface area contributed by atoms with Gasteiger partial charge in [0.15, 0.2) is 0 Å². The predicted molar refractivity (Wildman–Crippen MR) is 73.3 cm³/mol. The van der Waals surface area contributed by atoms with Gasteiger partial charge in [0.25, 0.3) is 0 Å². The van der Waals surface area contributed by atoms with Crippen molar-refractivity contribution in [1.29, 1.82) is 0 Å². The number of carbonyl (C=O) groups is 1. The first kappa shape index (κ1) is 12.3. The van der Waals surface area contributed by atoms with Gasteiger partial charge in [0.05, 0.1) is 11.2 Å². The van der Waals surface area contributed by atoms with E-state index in [1.54, 1.807) is 12.3 Å². The Balaban J connectivity index is 2.37. The number of nitrogens with one attached hydrogen (secondary N) is 1. The van der Waals surface area contributed by atoms with Crippen LogP contribution in [0.2, 0.25) is 0 Å². The molecule has 0 aliphatic carbocycles. The molecule has 1 aromatic carbocycles. The van der Waals surface area contributed by atoms with E-state index in [9.17, 15) is 4.79 Å². The molecule has 0 atom stereocenters. The van der Waals surface area contributed by atoms with Gasteiger partial charge in [-0.15, -0.1) is 0 Å². The van der Waals surface area contributed by atoms with E-state index in [2.05, 4.69) is 10.3 Å². The van der Waals surface area contributed by atoms with E-state index in [-0.39, 0.29) is 5.91 Å². The van der Waals surface area contributed by atoms with Gasteiger partial charge in [-0.1, -0.05) is 12.1 Å². The number of aryl methyl sites for hydroxylation is 1. The minimum absolute atomic E-state index is 0.186. The van der Waals surface area contributed by atoms with Gasteiger partial charge in [-0.25, -0.2) is 0 Å². The third kappa shape index (κ3) is 2.55. The van der Waals surface area contributed by atoms with Crippen LogP contribution < -0.4 is 11.1 Å². The summed E-state index contributed by atoms with van der Waals surface area (Å²) in [6, 6.07) is 7.62. The molecule has 0 fully saturated rings. The van der Waals surface area contributed by atoms with Crippen molar-refractivity contribution in [3.63, 3.8) is 0 Å². The lowest BCUT2D eigenvalue weighted by Gasteiger charge is -2.08. The third-order valence-electron chi connectivity index (χ3n) is 2.63. The summed E-state index contributed by atoms with van der Waals surface area (Å²) < 4.78 is 0. The van der Waals surface area contributed by atoms with Crippen LogP contribution in [0.25, 0.3) is 10.9 Å². The highest BCUT2D eigenvalue weighted by molar-refractivity contribution is 6.05. The SMILES string of the molecule is Cc1ccc(NC(=O)/C=C/CN)c2cccnc12. The maximum absolute atomic E-state index is 11.6. The minimum Gasteiger partial charge on any atom is -0.327 e. The number of benzene rings is 1. The van der Waals surface area contributed by atoms with Gasteiger partial charge in [-0.2, -0.15) is 0 Å². The number of hydrogen-bond donors (Lipinski definition) is 2. The lowest BCUT2D eigenvalue weighted by Crippen LogP contribution is -2.09. The van der Waals surface area contributed by atoms with Gasteiger partial charge in [0, 0.05) is 24.2 Å². The number of rotatable bonds is 3. The second-order valence-corrected chi connectivity index (χ2v) is 3.96. The van der Waals surface area contributed by atoms with Gasteiger partial charge in [0.1, 0.15) is 0 Å². The number of aromatic nitrogens is 1. The van der Waals surface area contributed by atoms with E-state index in [1.165, 1.54) is 6.08 Å². The Morgan fingerprint density at radius 2 is 2.28 bits per heavy atom. The van der Waals surface area contributed by atoms with Crippen molar-refractivity contribution < 1.29 is 4.79 Å². The quantitative estimate of drug-likeness (QED) is 0.807. The minimum atomic E-state index is -0.186. The van der Waals surface area contributed by atoms with Crippen LogP contribution in [-0.4, -0.2) is 17.4 Å². The highest BCUT2D eigenvalue weighted by atomic mass is 16.1. The average molecular weight is 241 g/mol. The number of hydrogen-bond acceptors (Lipinski definition) is 3. The molecule has 0 bridgehead atoms. The lowest BCUT2D eigenvalue weighted by molar-refractivity contribution is -0.111. The molecule has 3 N–H and O–H groups in total. The summed E-state index contributed by atoms with van der Waals surface area (Å²) in [4.78, 5) is 15.9. The monoisotopic (exact) mass is 241 g/mol. The van der Waals surface area contributed by atoms with Crippen molar-refractivity contribution in [2.45, 2.75) is 6.92 Å². The molecule has 0 aliphatic heterocycles. The fraction of sp³-hybridized carbons (Fsp3) is 0.143. The van der Waals surface area contributed by atoms with Crippen molar-refractivity contribution in [3.8, 4) is 0 Å². The fourth-order valence-corrected chi connectivity index (χ4v) is 1.77. The topological polar surface area (TPSA) is 68.0 Å². The normalized spacial score (nSPS) is 11.0. The summed E-state index contributed by atoms with van der Waals surface area (Å²) in [6.45, 7) is 2.35. The van der Waals surface area contributed by atoms with Crippen LogP contribution in [0.3, 0.4) is 0 Å². The fourth-order valence-electron chi connectivity index (χ4n) is 1.77. The largest absolute Gasteiger partial charge is 0.327 e. The average Bonchev–Trinajstić information content (AvgIpc) is 2.40. The molecule has 4 heteroatoms. The summed E-state index contributed by atoms with van der Waals surface area (Å²) >= 11 is 0. The van der Waals surface area contributed by atoms with E-state index in [0.717, 1.165) is 22.2 Å². The molecule has 0 unspecified atom stereocenters. The molecule has 0 radical (unpaired) electrons. The van der Waals surface area contributed by atoms with Crippen molar-refractivity contribution >= 4 is 22.5 Å². The van der Waals surface area contributed by atoms with Gasteiger partial charge in [0.2, 0.25) is 5.91 Å². The van der Waals surface area contributed by atoms with Crippen LogP contribution in [-0.2, 0) is 4.79 Å². The molecule has 2 rings (SSSR count).